The Morgan fingerprint density at radius 2 is 2.08 bits per heavy atom. The average molecular weight is 345 g/mol. The van der Waals surface area contributed by atoms with Gasteiger partial charge >= 0.3 is 0 Å². The molecule has 3 rings (SSSR count). The number of carbonyl (C=O) groups is 1. The molecule has 0 aliphatic heterocycles. The zero-order chi connectivity index (χ0) is 18.4. The Bertz CT molecular complexity index is 928. The van der Waals surface area contributed by atoms with E-state index in [4.69, 9.17) is 5.53 Å². The third-order valence-electron chi connectivity index (χ3n) is 4.43. The molecule has 1 atom stereocenters. The molecule has 0 aliphatic rings. The number of aryl methyl sites for hydroxylation is 1. The van der Waals surface area contributed by atoms with E-state index in [1.165, 1.54) is 0 Å². The number of carbonyl (C=O) groups excluding carboxylic acids is 1. The molecule has 1 aromatic heterocycles. The van der Waals surface area contributed by atoms with E-state index >= 15 is 0 Å². The van der Waals surface area contributed by atoms with Crippen LogP contribution in [0.15, 0.2) is 66.0 Å². The van der Waals surface area contributed by atoms with Gasteiger partial charge in [0.1, 0.15) is 0 Å². The predicted octanol–water partition coefficient (Wildman–Crippen LogP) is 5.05. The van der Waals surface area contributed by atoms with Crippen molar-refractivity contribution in [3.8, 4) is 11.1 Å². The van der Waals surface area contributed by atoms with Crippen LogP contribution in [0.5, 0.6) is 0 Å². The van der Waals surface area contributed by atoms with Gasteiger partial charge in [-0.3, -0.25) is 9.89 Å². The molecular formula is C20H19N5O. The fourth-order valence-electron chi connectivity index (χ4n) is 3.05. The summed E-state index contributed by atoms with van der Waals surface area (Å²) in [5, 5.41) is 10.4. The molecule has 0 saturated heterocycles. The number of hydrogen-bond donors (Lipinski definition) is 1. The van der Waals surface area contributed by atoms with Crippen molar-refractivity contribution in [2.24, 2.45) is 5.11 Å². The Hall–Kier alpha value is -3.37. The first-order valence-corrected chi connectivity index (χ1v) is 8.38. The van der Waals surface area contributed by atoms with Crippen molar-refractivity contribution in [2.45, 2.75) is 19.3 Å². The lowest BCUT2D eigenvalue weighted by molar-refractivity contribution is 0.0974. The lowest BCUT2D eigenvalue weighted by atomic mass is 9.90. The molecule has 0 fully saturated rings. The number of H-pyrrole nitrogens is 1. The maximum Gasteiger partial charge on any atom is 0.163 e. The van der Waals surface area contributed by atoms with E-state index in [1.54, 1.807) is 6.20 Å². The molecule has 0 radical (unpaired) electrons. The number of Topliss-reactive ketones (excluding diaryl/α,β-unsaturated/α-hetero) is 1. The van der Waals surface area contributed by atoms with Crippen molar-refractivity contribution in [1.82, 2.24) is 10.2 Å². The van der Waals surface area contributed by atoms with Gasteiger partial charge in [-0.1, -0.05) is 47.6 Å². The van der Waals surface area contributed by atoms with E-state index in [0.29, 0.717) is 12.0 Å². The Balaban J connectivity index is 1.81. The topological polar surface area (TPSA) is 94.5 Å². The molecule has 3 aromatic rings. The first kappa shape index (κ1) is 17.5. The van der Waals surface area contributed by atoms with Crippen molar-refractivity contribution >= 4 is 5.78 Å². The molecule has 1 N–H and O–H groups in total. The van der Waals surface area contributed by atoms with E-state index in [9.17, 15) is 4.79 Å². The number of aromatic nitrogens is 2. The highest BCUT2D eigenvalue weighted by Gasteiger charge is 2.17. The minimum Gasteiger partial charge on any atom is -0.294 e. The Labute approximate surface area is 151 Å². The second-order valence-corrected chi connectivity index (χ2v) is 6.17. The molecule has 26 heavy (non-hydrogen) atoms. The summed E-state index contributed by atoms with van der Waals surface area (Å²) in [6.07, 6.45) is 3.89. The monoisotopic (exact) mass is 345 g/mol. The first-order valence-electron chi connectivity index (χ1n) is 8.38. The first-order chi connectivity index (χ1) is 12.7. The van der Waals surface area contributed by atoms with Crippen LogP contribution < -0.4 is 0 Å². The van der Waals surface area contributed by atoms with Gasteiger partial charge in [0.25, 0.3) is 0 Å². The summed E-state index contributed by atoms with van der Waals surface area (Å²) >= 11 is 0. The standard InChI is InChI=1S/C20H19N5O/c1-14-9-16(7-8-19(14)18-12-22-23-13-18)20(26)10-17(11-24-25-21)15-5-3-2-4-6-15/h2-9,12-13,17H,10-11H2,1H3,(H,22,23)/t17-/m1/s1. The molecule has 130 valence electrons. The summed E-state index contributed by atoms with van der Waals surface area (Å²) in [6, 6.07) is 15.4. The van der Waals surface area contributed by atoms with Crippen molar-refractivity contribution in [3.63, 3.8) is 0 Å². The molecule has 2 aromatic carbocycles. The van der Waals surface area contributed by atoms with Crippen LogP contribution in [0, 0.1) is 6.92 Å². The van der Waals surface area contributed by atoms with Crippen LogP contribution in [0.4, 0.5) is 0 Å². The molecule has 0 aliphatic carbocycles. The van der Waals surface area contributed by atoms with Crippen LogP contribution in [0.3, 0.4) is 0 Å². The van der Waals surface area contributed by atoms with E-state index in [2.05, 4.69) is 20.2 Å². The van der Waals surface area contributed by atoms with Crippen LogP contribution in [0.2, 0.25) is 0 Å². The molecule has 0 saturated carbocycles. The molecular weight excluding hydrogens is 326 g/mol. The molecule has 0 unspecified atom stereocenters. The maximum absolute atomic E-state index is 12.8. The van der Waals surface area contributed by atoms with Crippen LogP contribution >= 0.6 is 0 Å². The van der Waals surface area contributed by atoms with Gasteiger partial charge in [0.15, 0.2) is 5.78 Å². The van der Waals surface area contributed by atoms with Gasteiger partial charge < -0.3 is 0 Å². The lowest BCUT2D eigenvalue weighted by Gasteiger charge is -2.15. The van der Waals surface area contributed by atoms with Gasteiger partial charge in [0.2, 0.25) is 0 Å². The van der Waals surface area contributed by atoms with Crippen molar-refractivity contribution in [3.05, 3.63) is 88.1 Å². The van der Waals surface area contributed by atoms with Gasteiger partial charge in [0, 0.05) is 35.2 Å². The number of nitrogens with one attached hydrogen (secondary N) is 1. The molecule has 1 heterocycles. The third kappa shape index (κ3) is 3.99. The van der Waals surface area contributed by atoms with Crippen LogP contribution in [-0.4, -0.2) is 22.5 Å². The summed E-state index contributed by atoms with van der Waals surface area (Å²) in [5.41, 5.74) is 13.4. The van der Waals surface area contributed by atoms with E-state index in [1.807, 2.05) is 61.7 Å². The molecule has 0 bridgehead atoms. The number of rotatable bonds is 7. The van der Waals surface area contributed by atoms with Gasteiger partial charge in [-0.25, -0.2) is 0 Å². The summed E-state index contributed by atoms with van der Waals surface area (Å²) < 4.78 is 0. The van der Waals surface area contributed by atoms with Gasteiger partial charge in [0.05, 0.1) is 6.20 Å². The second kappa shape index (κ2) is 8.14. The van der Waals surface area contributed by atoms with Crippen LogP contribution in [0.1, 0.15) is 33.8 Å². The zero-order valence-electron chi connectivity index (χ0n) is 14.5. The fraction of sp³-hybridized carbons (Fsp3) is 0.200. The highest BCUT2D eigenvalue weighted by molar-refractivity contribution is 5.97. The minimum absolute atomic E-state index is 0.0360. The smallest absolute Gasteiger partial charge is 0.163 e. The Morgan fingerprint density at radius 1 is 1.27 bits per heavy atom. The van der Waals surface area contributed by atoms with Gasteiger partial charge in [-0.2, -0.15) is 5.10 Å². The van der Waals surface area contributed by atoms with Crippen molar-refractivity contribution in [2.75, 3.05) is 6.54 Å². The number of ketones is 1. The van der Waals surface area contributed by atoms with Crippen LogP contribution in [-0.2, 0) is 0 Å². The third-order valence-corrected chi connectivity index (χ3v) is 4.43. The minimum atomic E-state index is -0.131. The molecule has 6 heteroatoms. The normalized spacial score (nSPS) is 11.6. The number of nitrogens with zero attached hydrogens (tertiary/aromatic N) is 4. The SMILES string of the molecule is Cc1cc(C(=O)C[C@H](CN=[N+]=[N-])c2ccccc2)ccc1-c1cn[nH]c1. The Kier molecular flexibility index (Phi) is 5.46. The number of hydrogen-bond acceptors (Lipinski definition) is 3. The van der Waals surface area contributed by atoms with Gasteiger partial charge in [-0.15, -0.1) is 0 Å². The predicted molar refractivity (Wildman–Crippen MR) is 101 cm³/mol. The van der Waals surface area contributed by atoms with E-state index in [-0.39, 0.29) is 18.2 Å². The highest BCUT2D eigenvalue weighted by Crippen LogP contribution is 2.26. The maximum atomic E-state index is 12.8. The average Bonchev–Trinajstić information content (AvgIpc) is 3.20. The number of benzene rings is 2. The van der Waals surface area contributed by atoms with E-state index < -0.39 is 0 Å². The van der Waals surface area contributed by atoms with Crippen molar-refractivity contribution < 1.29 is 4.79 Å². The van der Waals surface area contributed by atoms with Crippen molar-refractivity contribution in [1.29, 1.82) is 0 Å². The Morgan fingerprint density at radius 3 is 2.73 bits per heavy atom. The summed E-state index contributed by atoms with van der Waals surface area (Å²) in [6.45, 7) is 2.24. The summed E-state index contributed by atoms with van der Waals surface area (Å²) in [4.78, 5) is 15.6. The quantitative estimate of drug-likeness (QED) is 0.281. The molecule has 0 amide bonds. The highest BCUT2D eigenvalue weighted by atomic mass is 16.1. The zero-order valence-corrected chi connectivity index (χ0v) is 14.5. The number of aromatic amines is 1. The molecule has 0 spiro atoms. The fourth-order valence-corrected chi connectivity index (χ4v) is 3.05. The number of azide groups is 1. The second-order valence-electron chi connectivity index (χ2n) is 6.17. The molecule has 6 nitrogen and oxygen atoms in total. The lowest BCUT2D eigenvalue weighted by Crippen LogP contribution is -2.10. The summed E-state index contributed by atoms with van der Waals surface area (Å²) in [7, 11) is 0. The van der Waals surface area contributed by atoms with Gasteiger partial charge in [-0.05, 0) is 41.1 Å². The largest absolute Gasteiger partial charge is 0.294 e. The summed E-state index contributed by atoms with van der Waals surface area (Å²) in [5.74, 6) is -0.0951. The van der Waals surface area contributed by atoms with E-state index in [0.717, 1.165) is 22.3 Å². The van der Waals surface area contributed by atoms with Crippen LogP contribution in [0.25, 0.3) is 21.6 Å².